The number of amidine groups is 1. The van der Waals surface area contributed by atoms with Crippen molar-refractivity contribution in [3.8, 4) is 18.6 Å². The van der Waals surface area contributed by atoms with E-state index in [-0.39, 0.29) is 11.6 Å². The second-order valence-electron chi connectivity index (χ2n) is 7.57. The third-order valence-electron chi connectivity index (χ3n) is 5.53. The van der Waals surface area contributed by atoms with E-state index in [4.69, 9.17) is 21.3 Å². The summed E-state index contributed by atoms with van der Waals surface area (Å²) in [5.74, 6) is 1.53. The molecule has 0 aliphatic carbocycles. The molecule has 1 aromatic rings. The van der Waals surface area contributed by atoms with Gasteiger partial charge < -0.3 is 10.1 Å². The predicted molar refractivity (Wildman–Crippen MR) is 141 cm³/mol. The Morgan fingerprint density at radius 3 is 2.53 bits per heavy atom. The molecule has 0 unspecified atom stereocenters. The van der Waals surface area contributed by atoms with Crippen molar-refractivity contribution in [1.29, 1.82) is 0 Å². The van der Waals surface area contributed by atoms with E-state index in [0.717, 1.165) is 25.1 Å². The van der Waals surface area contributed by atoms with Crippen LogP contribution in [0.15, 0.2) is 76.9 Å². The Morgan fingerprint density at radius 1 is 1.22 bits per heavy atom. The number of para-hydroxylation sites is 1. The van der Waals surface area contributed by atoms with Crippen molar-refractivity contribution in [2.24, 2.45) is 4.99 Å². The largest absolute Gasteiger partial charge is 0.484 e. The van der Waals surface area contributed by atoms with Gasteiger partial charge >= 0.3 is 0 Å². The number of halogens is 1. The van der Waals surface area contributed by atoms with Crippen molar-refractivity contribution in [1.82, 2.24) is 5.32 Å². The Hall–Kier alpha value is -2.70. The topological polar surface area (TPSA) is 33.6 Å². The molecule has 2 atom stereocenters. The summed E-state index contributed by atoms with van der Waals surface area (Å²) in [6.07, 6.45) is 23.9. The van der Waals surface area contributed by atoms with E-state index in [0.29, 0.717) is 17.4 Å². The molecule has 0 saturated heterocycles. The Kier molecular flexibility index (Phi) is 12.3. The summed E-state index contributed by atoms with van der Waals surface area (Å²) < 4.78 is 5.98. The number of nitrogens with one attached hydrogen (secondary N) is 1. The summed E-state index contributed by atoms with van der Waals surface area (Å²) in [6.45, 7) is 11.0. The van der Waals surface area contributed by atoms with E-state index >= 15 is 0 Å². The maximum atomic E-state index is 6.25. The van der Waals surface area contributed by atoms with Gasteiger partial charge in [-0.1, -0.05) is 67.1 Å². The van der Waals surface area contributed by atoms with Crippen molar-refractivity contribution in [3.05, 3.63) is 76.9 Å². The second kappa shape index (κ2) is 14.4. The van der Waals surface area contributed by atoms with Crippen LogP contribution in [0.3, 0.4) is 0 Å². The molecule has 1 aromatic carbocycles. The number of benzene rings is 1. The zero-order chi connectivity index (χ0) is 24.0. The minimum absolute atomic E-state index is 0.0281. The van der Waals surface area contributed by atoms with Crippen LogP contribution in [0.2, 0.25) is 5.02 Å². The maximum Gasteiger partial charge on any atom is 0.145 e. The first-order valence-electron chi connectivity index (χ1n) is 11.1. The molecule has 0 radical (unpaired) electrons. The molecular formula is C28H37ClN2O. The molecule has 0 bridgehead atoms. The first-order valence-corrected chi connectivity index (χ1v) is 11.5. The number of aliphatic imine (C=N–C) groups is 1. The molecular weight excluding hydrogens is 416 g/mol. The van der Waals surface area contributed by atoms with Crippen molar-refractivity contribution in [3.63, 3.8) is 0 Å². The van der Waals surface area contributed by atoms with E-state index < -0.39 is 0 Å². The smallest absolute Gasteiger partial charge is 0.145 e. The van der Waals surface area contributed by atoms with Gasteiger partial charge in [0.2, 0.25) is 0 Å². The van der Waals surface area contributed by atoms with Gasteiger partial charge in [-0.2, -0.15) is 0 Å². The van der Waals surface area contributed by atoms with Gasteiger partial charge in [0.25, 0.3) is 0 Å². The average molecular weight is 453 g/mol. The van der Waals surface area contributed by atoms with E-state index in [9.17, 15) is 0 Å². The number of hydrogen-bond acceptors (Lipinski definition) is 3. The highest BCUT2D eigenvalue weighted by Gasteiger charge is 2.43. The lowest BCUT2D eigenvalue weighted by Crippen LogP contribution is -2.50. The lowest BCUT2D eigenvalue weighted by atomic mass is 9.78. The van der Waals surface area contributed by atoms with Gasteiger partial charge in [0, 0.05) is 0 Å². The Labute approximate surface area is 200 Å². The van der Waals surface area contributed by atoms with E-state index in [1.807, 2.05) is 31.2 Å². The summed E-state index contributed by atoms with van der Waals surface area (Å²) in [7, 11) is 0. The summed E-state index contributed by atoms with van der Waals surface area (Å²) >= 11 is 6.25. The fraction of sp³-hybridized carbons (Fsp3) is 0.393. The van der Waals surface area contributed by atoms with Gasteiger partial charge in [0.15, 0.2) is 0 Å². The fourth-order valence-corrected chi connectivity index (χ4v) is 4.10. The molecule has 0 fully saturated rings. The molecule has 32 heavy (non-hydrogen) atoms. The zero-order valence-corrected chi connectivity index (χ0v) is 20.8. The number of nitrogens with zero attached hydrogens (tertiary/aromatic N) is 1. The van der Waals surface area contributed by atoms with Crippen LogP contribution in [0.5, 0.6) is 5.75 Å². The highest BCUT2D eigenvalue weighted by Crippen LogP contribution is 2.36. The molecule has 4 heteroatoms. The third-order valence-corrected chi connectivity index (χ3v) is 5.84. The van der Waals surface area contributed by atoms with Crippen LogP contribution in [-0.4, -0.2) is 24.0 Å². The number of hydrogen-bond donors (Lipinski definition) is 1. The van der Waals surface area contributed by atoms with Crippen LogP contribution >= 0.6 is 11.6 Å². The normalized spacial score (nSPS) is 21.2. The lowest BCUT2D eigenvalue weighted by molar-refractivity contribution is 0.369. The van der Waals surface area contributed by atoms with Gasteiger partial charge in [0.05, 0.1) is 16.6 Å². The molecule has 1 aliphatic heterocycles. The number of rotatable bonds is 10. The van der Waals surface area contributed by atoms with Crippen molar-refractivity contribution < 1.29 is 4.74 Å². The van der Waals surface area contributed by atoms with Crippen molar-refractivity contribution >= 4 is 17.4 Å². The SMILES string of the molecule is C#C.C/C=C\C=C(/CC)[C@H]1N=C(COc2ccccc2Cl)N[C@@]1(C)/C(=C/C)CC/C=C\C. The standard InChI is InChI=1S/C26H35ClN2O.C2H2/c1-6-10-12-16-21(9-4)26(5)25(20(8-3)15-11-7-2)28-24(29-26)19-30-23-18-14-13-17-22(23)27;1-2/h6-7,9-11,13-15,17-18,25H,8,12,16,19H2,1-5H3,(H,28,29);1-2H/b10-6-,11-7-,20-15+,21-9+;/t25-,26+;/m1./s1. The van der Waals surface area contributed by atoms with Gasteiger partial charge in [-0.15, -0.1) is 12.8 Å². The molecule has 0 saturated carbocycles. The summed E-state index contributed by atoms with van der Waals surface area (Å²) in [5, 5.41) is 4.31. The molecule has 1 heterocycles. The molecule has 1 aliphatic rings. The first-order chi connectivity index (χ1) is 15.5. The lowest BCUT2D eigenvalue weighted by Gasteiger charge is -2.35. The molecule has 3 nitrogen and oxygen atoms in total. The highest BCUT2D eigenvalue weighted by atomic mass is 35.5. The first kappa shape index (κ1) is 27.3. The van der Waals surface area contributed by atoms with E-state index in [1.54, 1.807) is 0 Å². The van der Waals surface area contributed by atoms with E-state index in [1.165, 1.54) is 11.1 Å². The number of allylic oxidation sites excluding steroid dienone is 6. The second-order valence-corrected chi connectivity index (χ2v) is 7.97. The highest BCUT2D eigenvalue weighted by molar-refractivity contribution is 6.32. The minimum Gasteiger partial charge on any atom is -0.484 e. The van der Waals surface area contributed by atoms with E-state index in [2.05, 4.69) is 82.3 Å². The van der Waals surface area contributed by atoms with Gasteiger partial charge in [-0.25, -0.2) is 0 Å². The van der Waals surface area contributed by atoms with Gasteiger partial charge in [-0.3, -0.25) is 4.99 Å². The molecule has 1 N–H and O–H groups in total. The molecule has 0 spiro atoms. The monoisotopic (exact) mass is 452 g/mol. The fourth-order valence-electron chi connectivity index (χ4n) is 3.91. The van der Waals surface area contributed by atoms with Crippen LogP contribution < -0.4 is 10.1 Å². The van der Waals surface area contributed by atoms with Crippen molar-refractivity contribution in [2.45, 2.75) is 65.5 Å². The minimum atomic E-state index is -0.279. The quantitative estimate of drug-likeness (QED) is 0.229. The molecule has 0 aromatic heterocycles. The van der Waals surface area contributed by atoms with Crippen LogP contribution in [-0.2, 0) is 0 Å². The Balaban J connectivity index is 0.00000249. The summed E-state index contributed by atoms with van der Waals surface area (Å²) in [5.41, 5.74) is 2.39. The van der Waals surface area contributed by atoms with Crippen molar-refractivity contribution in [2.75, 3.05) is 6.61 Å². The summed E-state index contributed by atoms with van der Waals surface area (Å²) in [4.78, 5) is 5.08. The average Bonchev–Trinajstić information content (AvgIpc) is 3.15. The maximum absolute atomic E-state index is 6.25. The zero-order valence-electron chi connectivity index (χ0n) is 20.1. The summed E-state index contributed by atoms with van der Waals surface area (Å²) in [6, 6.07) is 7.57. The van der Waals surface area contributed by atoms with Crippen LogP contribution in [0.4, 0.5) is 0 Å². The predicted octanol–water partition coefficient (Wildman–Crippen LogP) is 7.31. The van der Waals surface area contributed by atoms with Crippen LogP contribution in [0, 0.1) is 12.8 Å². The molecule has 172 valence electrons. The third kappa shape index (κ3) is 7.18. The molecule has 0 amide bonds. The van der Waals surface area contributed by atoms with Gasteiger partial charge in [-0.05, 0) is 70.2 Å². The number of terminal acetylenes is 1. The Bertz CT molecular complexity index is 892. The van der Waals surface area contributed by atoms with Crippen LogP contribution in [0.25, 0.3) is 0 Å². The number of ether oxygens (including phenoxy) is 1. The van der Waals surface area contributed by atoms with Crippen LogP contribution in [0.1, 0.15) is 53.9 Å². The molecule has 2 rings (SSSR count). The van der Waals surface area contributed by atoms with Gasteiger partial charge in [0.1, 0.15) is 18.2 Å². The Morgan fingerprint density at radius 2 is 1.94 bits per heavy atom.